The van der Waals surface area contributed by atoms with E-state index in [2.05, 4.69) is 36.3 Å². The Morgan fingerprint density at radius 3 is 2.44 bits per heavy atom. The van der Waals surface area contributed by atoms with Gasteiger partial charge in [-0.25, -0.2) is 8.42 Å². The van der Waals surface area contributed by atoms with Crippen LogP contribution in [0.3, 0.4) is 0 Å². The van der Waals surface area contributed by atoms with Crippen LogP contribution in [-0.2, 0) is 15.4 Å². The summed E-state index contributed by atoms with van der Waals surface area (Å²) in [6.45, 7) is 7.20. The van der Waals surface area contributed by atoms with Gasteiger partial charge in [-0.15, -0.1) is 0 Å². The van der Waals surface area contributed by atoms with Crippen LogP contribution in [0.25, 0.3) is 5.69 Å². The molecular formula is C29H35ClN4O4S. The van der Waals surface area contributed by atoms with E-state index in [1.807, 2.05) is 11.0 Å². The van der Waals surface area contributed by atoms with E-state index >= 15 is 0 Å². The summed E-state index contributed by atoms with van der Waals surface area (Å²) in [6.07, 6.45) is 4.07. The molecule has 2 unspecified atom stereocenters. The number of ether oxygens (including phenoxy) is 1. The molecule has 39 heavy (non-hydrogen) atoms. The second-order valence-electron chi connectivity index (χ2n) is 10.9. The Morgan fingerprint density at radius 2 is 1.77 bits per heavy atom. The Bertz CT molecular complexity index is 1490. The molecule has 0 amide bonds. The van der Waals surface area contributed by atoms with Gasteiger partial charge in [-0.05, 0) is 62.3 Å². The van der Waals surface area contributed by atoms with Gasteiger partial charge in [0.05, 0.1) is 23.2 Å². The molecule has 2 aromatic carbocycles. The maximum atomic E-state index is 13.9. The minimum Gasteiger partial charge on any atom is -0.483 e. The van der Waals surface area contributed by atoms with Crippen molar-refractivity contribution in [3.05, 3.63) is 81.7 Å². The van der Waals surface area contributed by atoms with Gasteiger partial charge < -0.3 is 9.64 Å². The van der Waals surface area contributed by atoms with Crippen LogP contribution in [0.15, 0.2) is 65.6 Å². The monoisotopic (exact) mass is 570 g/mol. The van der Waals surface area contributed by atoms with Crippen LogP contribution in [0.4, 0.5) is 5.69 Å². The normalized spacial score (nSPS) is 22.4. The number of benzene rings is 2. The molecule has 0 N–H and O–H groups in total. The fourth-order valence-electron chi connectivity index (χ4n) is 5.59. The highest BCUT2D eigenvalue weighted by atomic mass is 35.5. The molecule has 10 heteroatoms. The molecule has 3 aromatic rings. The van der Waals surface area contributed by atoms with Gasteiger partial charge >= 0.3 is 5.56 Å². The summed E-state index contributed by atoms with van der Waals surface area (Å²) in [4.78, 5) is 15.9. The van der Waals surface area contributed by atoms with Crippen molar-refractivity contribution < 1.29 is 13.2 Å². The lowest BCUT2D eigenvalue weighted by Crippen LogP contribution is -2.50. The predicted octanol–water partition coefficient (Wildman–Crippen LogP) is 4.64. The van der Waals surface area contributed by atoms with Gasteiger partial charge in [-0.3, -0.25) is 4.79 Å². The average molecular weight is 571 g/mol. The number of anilines is 1. The molecule has 208 valence electrons. The highest BCUT2D eigenvalue weighted by Crippen LogP contribution is 2.42. The fourth-order valence-corrected chi connectivity index (χ4v) is 7.05. The van der Waals surface area contributed by atoms with Crippen LogP contribution in [0, 0.1) is 0 Å². The Morgan fingerprint density at radius 1 is 1.05 bits per heavy atom. The summed E-state index contributed by atoms with van der Waals surface area (Å²) in [7, 11) is -3.35. The molecule has 2 heterocycles. The van der Waals surface area contributed by atoms with Crippen molar-refractivity contribution in [3.63, 3.8) is 0 Å². The summed E-state index contributed by atoms with van der Waals surface area (Å²) in [6, 6.07) is 17.4. The van der Waals surface area contributed by atoms with Crippen molar-refractivity contribution in [2.24, 2.45) is 0 Å². The van der Waals surface area contributed by atoms with E-state index in [9.17, 15) is 13.2 Å². The quantitative estimate of drug-likeness (QED) is 0.412. The SMILES string of the molecule is CC(C)S(=O)(=O)N1CCN(c2cnn(-c3cccc(Cl)c3)c(=O)c2OC2CCC(C)(c3ccccc3)C2)CC1. The predicted molar refractivity (Wildman–Crippen MR) is 155 cm³/mol. The van der Waals surface area contributed by atoms with E-state index < -0.39 is 15.3 Å². The van der Waals surface area contributed by atoms with Crippen molar-refractivity contribution in [1.29, 1.82) is 0 Å². The van der Waals surface area contributed by atoms with Crippen LogP contribution < -0.4 is 15.2 Å². The van der Waals surface area contributed by atoms with Crippen molar-refractivity contribution in [3.8, 4) is 11.4 Å². The number of nitrogens with zero attached hydrogens (tertiary/aromatic N) is 4. The maximum absolute atomic E-state index is 13.9. The number of aromatic nitrogens is 2. The minimum atomic E-state index is -3.35. The van der Waals surface area contributed by atoms with Gasteiger partial charge in [0.15, 0.2) is 0 Å². The highest BCUT2D eigenvalue weighted by molar-refractivity contribution is 7.89. The van der Waals surface area contributed by atoms with Crippen LogP contribution in [-0.4, -0.2) is 60.0 Å². The smallest absolute Gasteiger partial charge is 0.316 e. The van der Waals surface area contributed by atoms with E-state index in [-0.39, 0.29) is 22.8 Å². The topological polar surface area (TPSA) is 84.7 Å². The molecule has 0 spiro atoms. The zero-order valence-electron chi connectivity index (χ0n) is 22.6. The Hall–Kier alpha value is -2.88. The van der Waals surface area contributed by atoms with Gasteiger partial charge in [0.25, 0.3) is 0 Å². The van der Waals surface area contributed by atoms with E-state index in [0.717, 1.165) is 19.3 Å². The van der Waals surface area contributed by atoms with Gasteiger partial charge in [0.2, 0.25) is 15.8 Å². The summed E-state index contributed by atoms with van der Waals surface area (Å²) >= 11 is 6.20. The zero-order valence-corrected chi connectivity index (χ0v) is 24.2. The average Bonchev–Trinajstić information content (AvgIpc) is 3.32. The molecule has 0 bridgehead atoms. The first kappa shape index (κ1) is 27.7. The summed E-state index contributed by atoms with van der Waals surface area (Å²) in [5, 5.41) is 4.49. The van der Waals surface area contributed by atoms with Crippen molar-refractivity contribution in [1.82, 2.24) is 14.1 Å². The lowest BCUT2D eigenvalue weighted by molar-refractivity contribution is 0.197. The number of halogens is 1. The number of rotatable bonds is 7. The third kappa shape index (κ3) is 5.58. The van der Waals surface area contributed by atoms with Crippen LogP contribution in [0.1, 0.15) is 45.6 Å². The molecule has 2 fully saturated rings. The highest BCUT2D eigenvalue weighted by Gasteiger charge is 2.39. The standard InChI is InChI=1S/C29H35ClN4O4S/c1-21(2)39(36,37)33-16-14-32(15-17-33)26-20-31-34(24-11-7-10-23(30)18-24)28(35)27(26)38-25-12-13-29(3,19-25)22-8-5-4-6-9-22/h4-11,18,20-21,25H,12-17,19H2,1-3H3. The van der Waals surface area contributed by atoms with Crippen LogP contribution >= 0.6 is 11.6 Å². The second-order valence-corrected chi connectivity index (χ2v) is 13.9. The molecule has 0 radical (unpaired) electrons. The molecule has 1 aliphatic carbocycles. The van der Waals surface area contributed by atoms with Crippen molar-refractivity contribution >= 4 is 27.3 Å². The lowest BCUT2D eigenvalue weighted by Gasteiger charge is -2.36. The number of sulfonamides is 1. The first-order chi connectivity index (χ1) is 18.6. The lowest BCUT2D eigenvalue weighted by atomic mass is 9.81. The summed E-state index contributed by atoms with van der Waals surface area (Å²) < 4.78 is 34.8. The van der Waals surface area contributed by atoms with Gasteiger partial charge in [0, 0.05) is 31.2 Å². The Labute approximate surface area is 235 Å². The van der Waals surface area contributed by atoms with Gasteiger partial charge in [-0.2, -0.15) is 14.1 Å². The molecule has 1 aromatic heterocycles. The van der Waals surface area contributed by atoms with E-state index in [1.54, 1.807) is 44.3 Å². The van der Waals surface area contributed by atoms with E-state index in [0.29, 0.717) is 42.6 Å². The first-order valence-electron chi connectivity index (χ1n) is 13.4. The van der Waals surface area contributed by atoms with E-state index in [4.69, 9.17) is 16.3 Å². The Balaban J connectivity index is 1.46. The molecule has 5 rings (SSSR count). The molecular weight excluding hydrogens is 536 g/mol. The van der Waals surface area contributed by atoms with Gasteiger partial charge in [0.1, 0.15) is 5.69 Å². The van der Waals surface area contributed by atoms with Gasteiger partial charge in [-0.1, -0.05) is 54.9 Å². The second kappa shape index (κ2) is 10.9. The first-order valence-corrected chi connectivity index (χ1v) is 15.3. The third-order valence-electron chi connectivity index (χ3n) is 7.95. The van der Waals surface area contributed by atoms with Crippen LogP contribution in [0.5, 0.6) is 5.75 Å². The zero-order chi connectivity index (χ0) is 27.8. The van der Waals surface area contributed by atoms with Crippen LogP contribution in [0.2, 0.25) is 5.02 Å². The molecule has 2 atom stereocenters. The van der Waals surface area contributed by atoms with Crippen molar-refractivity contribution in [2.45, 2.75) is 56.8 Å². The molecule has 8 nitrogen and oxygen atoms in total. The minimum absolute atomic E-state index is 0.0398. The summed E-state index contributed by atoms with van der Waals surface area (Å²) in [5.41, 5.74) is 2.01. The van der Waals surface area contributed by atoms with E-state index in [1.165, 1.54) is 14.6 Å². The molecule has 1 aliphatic heterocycles. The summed E-state index contributed by atoms with van der Waals surface area (Å²) in [5.74, 6) is 0.243. The largest absolute Gasteiger partial charge is 0.483 e. The third-order valence-corrected chi connectivity index (χ3v) is 10.5. The molecule has 1 saturated carbocycles. The maximum Gasteiger partial charge on any atom is 0.316 e. The number of piperazine rings is 1. The fraction of sp³-hybridized carbons (Fsp3) is 0.448. The molecule has 2 aliphatic rings. The molecule has 1 saturated heterocycles. The number of hydrogen-bond donors (Lipinski definition) is 0. The Kier molecular flexibility index (Phi) is 7.77. The van der Waals surface area contributed by atoms with Crippen molar-refractivity contribution in [2.75, 3.05) is 31.1 Å². The number of hydrogen-bond acceptors (Lipinski definition) is 6.